The highest BCUT2D eigenvalue weighted by atomic mass is 16.5. The molecule has 25 heavy (non-hydrogen) atoms. The molecule has 5 nitrogen and oxygen atoms in total. The maximum Gasteiger partial charge on any atom is 0.339 e. The van der Waals surface area contributed by atoms with Gasteiger partial charge in [0.2, 0.25) is 0 Å². The van der Waals surface area contributed by atoms with Crippen LogP contribution in [0.1, 0.15) is 36.2 Å². The van der Waals surface area contributed by atoms with Gasteiger partial charge in [-0.25, -0.2) is 4.79 Å². The first-order valence-corrected chi connectivity index (χ1v) is 8.15. The first-order chi connectivity index (χ1) is 12.1. The largest absolute Gasteiger partial charge is 0.449 e. The second-order valence-corrected chi connectivity index (χ2v) is 5.54. The van der Waals surface area contributed by atoms with Crippen LogP contribution in [0.15, 0.2) is 48.5 Å². The molecule has 2 aromatic carbocycles. The van der Waals surface area contributed by atoms with Crippen LogP contribution in [0.5, 0.6) is 0 Å². The van der Waals surface area contributed by atoms with Crippen molar-refractivity contribution >= 4 is 11.9 Å². The van der Waals surface area contributed by atoms with Crippen molar-refractivity contribution in [1.82, 2.24) is 5.32 Å². The zero-order valence-electron chi connectivity index (χ0n) is 14.3. The molecule has 128 valence electrons. The van der Waals surface area contributed by atoms with E-state index in [0.29, 0.717) is 28.8 Å². The van der Waals surface area contributed by atoms with Gasteiger partial charge in [-0.3, -0.25) is 4.79 Å². The summed E-state index contributed by atoms with van der Waals surface area (Å²) < 4.78 is 5.30. The molecule has 1 atom stereocenters. The first kappa shape index (κ1) is 18.2. The quantitative estimate of drug-likeness (QED) is 0.821. The molecule has 0 bridgehead atoms. The van der Waals surface area contributed by atoms with Crippen molar-refractivity contribution in [2.45, 2.75) is 26.4 Å². The monoisotopic (exact) mass is 336 g/mol. The number of benzene rings is 2. The number of ether oxygens (including phenoxy) is 1. The standard InChI is InChI=1S/C20H20N2O3/c1-3-12-22-19(23)14(2)25-20(24)18-11-7-6-10-17(18)16-9-5-4-8-15(16)13-21/h4-11,14H,3,12H2,1-2H3,(H,22,23)/t14-/m0/s1. The third-order valence-corrected chi connectivity index (χ3v) is 3.69. The molecule has 0 aliphatic carbocycles. The summed E-state index contributed by atoms with van der Waals surface area (Å²) in [5.41, 5.74) is 2.04. The van der Waals surface area contributed by atoms with Crippen molar-refractivity contribution in [3.8, 4) is 17.2 Å². The third-order valence-electron chi connectivity index (χ3n) is 3.69. The Kier molecular flexibility index (Phi) is 6.30. The van der Waals surface area contributed by atoms with Crippen molar-refractivity contribution in [2.24, 2.45) is 0 Å². The van der Waals surface area contributed by atoms with E-state index in [-0.39, 0.29) is 5.91 Å². The normalized spacial score (nSPS) is 11.2. The minimum atomic E-state index is -0.890. The average Bonchev–Trinajstić information content (AvgIpc) is 2.65. The van der Waals surface area contributed by atoms with Crippen molar-refractivity contribution in [2.75, 3.05) is 6.54 Å². The van der Waals surface area contributed by atoms with Gasteiger partial charge in [0.1, 0.15) is 0 Å². The molecule has 2 rings (SSSR count). The molecular weight excluding hydrogens is 316 g/mol. The number of nitrogens with zero attached hydrogens (tertiary/aromatic N) is 1. The predicted octanol–water partition coefficient (Wildman–Crippen LogP) is 3.30. The molecule has 1 amide bonds. The van der Waals surface area contributed by atoms with E-state index in [0.717, 1.165) is 6.42 Å². The highest BCUT2D eigenvalue weighted by molar-refractivity contribution is 5.99. The van der Waals surface area contributed by atoms with Gasteiger partial charge in [0, 0.05) is 12.1 Å². The number of nitrogens with one attached hydrogen (secondary N) is 1. The van der Waals surface area contributed by atoms with Crippen molar-refractivity contribution in [3.05, 3.63) is 59.7 Å². The second kappa shape index (κ2) is 8.65. The highest BCUT2D eigenvalue weighted by Gasteiger charge is 2.21. The molecule has 0 fully saturated rings. The van der Waals surface area contributed by atoms with Gasteiger partial charge in [0.15, 0.2) is 6.10 Å². The molecule has 0 aliphatic rings. The molecule has 0 heterocycles. The number of carbonyl (C=O) groups is 2. The zero-order chi connectivity index (χ0) is 18.2. The molecule has 5 heteroatoms. The second-order valence-electron chi connectivity index (χ2n) is 5.54. The summed E-state index contributed by atoms with van der Waals surface area (Å²) in [5, 5.41) is 12.0. The Hall–Kier alpha value is -3.13. The number of nitriles is 1. The lowest BCUT2D eigenvalue weighted by Crippen LogP contribution is -2.36. The van der Waals surface area contributed by atoms with E-state index >= 15 is 0 Å². The Balaban J connectivity index is 2.27. The predicted molar refractivity (Wildman–Crippen MR) is 94.8 cm³/mol. The zero-order valence-corrected chi connectivity index (χ0v) is 14.3. The lowest BCUT2D eigenvalue weighted by atomic mass is 9.96. The third kappa shape index (κ3) is 4.45. The fourth-order valence-corrected chi connectivity index (χ4v) is 2.38. The lowest BCUT2D eigenvalue weighted by molar-refractivity contribution is -0.129. The van der Waals surface area contributed by atoms with Crippen LogP contribution < -0.4 is 5.32 Å². The Bertz CT molecular complexity index is 809. The number of carbonyl (C=O) groups excluding carboxylic acids is 2. The summed E-state index contributed by atoms with van der Waals surface area (Å²) in [7, 11) is 0. The summed E-state index contributed by atoms with van der Waals surface area (Å²) in [5.74, 6) is -0.924. The van der Waals surface area contributed by atoms with Crippen LogP contribution in [-0.4, -0.2) is 24.5 Å². The van der Waals surface area contributed by atoms with Crippen LogP contribution in [0, 0.1) is 11.3 Å². The topological polar surface area (TPSA) is 79.2 Å². The van der Waals surface area contributed by atoms with Crippen LogP contribution in [-0.2, 0) is 9.53 Å². The van der Waals surface area contributed by atoms with E-state index in [2.05, 4.69) is 11.4 Å². The van der Waals surface area contributed by atoms with Crippen LogP contribution >= 0.6 is 0 Å². The van der Waals surface area contributed by atoms with Gasteiger partial charge in [-0.1, -0.05) is 43.3 Å². The van der Waals surface area contributed by atoms with Gasteiger partial charge >= 0.3 is 5.97 Å². The summed E-state index contributed by atoms with van der Waals surface area (Å²) in [6, 6.07) is 16.1. The van der Waals surface area contributed by atoms with Crippen LogP contribution in [0.25, 0.3) is 11.1 Å². The maximum absolute atomic E-state index is 12.5. The number of amides is 1. The summed E-state index contributed by atoms with van der Waals surface area (Å²) in [6.45, 7) is 4.02. The minimum absolute atomic E-state index is 0.320. The van der Waals surface area contributed by atoms with Crippen molar-refractivity contribution in [1.29, 1.82) is 5.26 Å². The van der Waals surface area contributed by atoms with Gasteiger partial charge in [-0.05, 0) is 31.0 Å². The minimum Gasteiger partial charge on any atom is -0.449 e. The molecule has 0 saturated heterocycles. The highest BCUT2D eigenvalue weighted by Crippen LogP contribution is 2.27. The first-order valence-electron chi connectivity index (χ1n) is 8.15. The van der Waals surface area contributed by atoms with Crippen LogP contribution in [0.2, 0.25) is 0 Å². The Morgan fingerprint density at radius 2 is 1.76 bits per heavy atom. The molecule has 0 spiro atoms. The molecular formula is C20H20N2O3. The van der Waals surface area contributed by atoms with E-state index in [1.54, 1.807) is 48.5 Å². The van der Waals surface area contributed by atoms with Gasteiger partial charge in [-0.2, -0.15) is 5.26 Å². The summed E-state index contributed by atoms with van der Waals surface area (Å²) in [6.07, 6.45) is -0.0847. The number of hydrogen-bond donors (Lipinski definition) is 1. The number of rotatable bonds is 6. The SMILES string of the molecule is CCCNC(=O)[C@H](C)OC(=O)c1ccccc1-c1ccccc1C#N. The molecule has 1 N–H and O–H groups in total. The fourth-order valence-electron chi connectivity index (χ4n) is 2.38. The van der Waals surface area contributed by atoms with E-state index in [4.69, 9.17) is 4.74 Å². The molecule has 2 aromatic rings. The Morgan fingerprint density at radius 3 is 2.44 bits per heavy atom. The molecule has 0 radical (unpaired) electrons. The Labute approximate surface area is 147 Å². The Morgan fingerprint density at radius 1 is 1.12 bits per heavy atom. The van der Waals surface area contributed by atoms with Gasteiger partial charge in [-0.15, -0.1) is 0 Å². The lowest BCUT2D eigenvalue weighted by Gasteiger charge is -2.15. The molecule has 0 aromatic heterocycles. The van der Waals surface area contributed by atoms with Crippen molar-refractivity contribution in [3.63, 3.8) is 0 Å². The van der Waals surface area contributed by atoms with Crippen molar-refractivity contribution < 1.29 is 14.3 Å². The summed E-state index contributed by atoms with van der Waals surface area (Å²) >= 11 is 0. The number of hydrogen-bond acceptors (Lipinski definition) is 4. The van der Waals surface area contributed by atoms with Gasteiger partial charge < -0.3 is 10.1 Å². The smallest absolute Gasteiger partial charge is 0.339 e. The molecule has 0 saturated carbocycles. The molecule has 0 aliphatic heterocycles. The van der Waals surface area contributed by atoms with Gasteiger partial charge in [0.25, 0.3) is 5.91 Å². The maximum atomic E-state index is 12.5. The fraction of sp³-hybridized carbons (Fsp3) is 0.250. The van der Waals surface area contributed by atoms with E-state index in [1.807, 2.05) is 6.92 Å². The average molecular weight is 336 g/mol. The van der Waals surface area contributed by atoms with Crippen LogP contribution in [0.3, 0.4) is 0 Å². The number of esters is 1. The molecule has 0 unspecified atom stereocenters. The van der Waals surface area contributed by atoms with Crippen LogP contribution in [0.4, 0.5) is 0 Å². The van der Waals surface area contributed by atoms with E-state index in [9.17, 15) is 14.9 Å². The van der Waals surface area contributed by atoms with Gasteiger partial charge in [0.05, 0.1) is 17.2 Å². The van der Waals surface area contributed by atoms with E-state index < -0.39 is 12.1 Å². The summed E-state index contributed by atoms with van der Waals surface area (Å²) in [4.78, 5) is 24.4. The van der Waals surface area contributed by atoms with E-state index in [1.165, 1.54) is 6.92 Å².